The third-order valence-corrected chi connectivity index (χ3v) is 3.28. The zero-order chi connectivity index (χ0) is 16.5. The summed E-state index contributed by atoms with van der Waals surface area (Å²) in [6.07, 6.45) is -0.613. The molecule has 1 aliphatic heterocycles. The number of nitrogens with one attached hydrogen (secondary N) is 1. The molecule has 6 heteroatoms. The van der Waals surface area contributed by atoms with E-state index < -0.39 is 23.3 Å². The van der Waals surface area contributed by atoms with Crippen LogP contribution in [0.2, 0.25) is 0 Å². The first-order chi connectivity index (χ1) is 10.1. The van der Waals surface area contributed by atoms with E-state index in [1.807, 2.05) is 32.0 Å². The Morgan fingerprint density at radius 1 is 1.23 bits per heavy atom. The molecule has 120 valence electrons. The van der Waals surface area contributed by atoms with Crippen LogP contribution >= 0.6 is 0 Å². The van der Waals surface area contributed by atoms with E-state index in [2.05, 4.69) is 5.32 Å². The van der Waals surface area contributed by atoms with Gasteiger partial charge in [0.15, 0.2) is 5.75 Å². The Morgan fingerprint density at radius 2 is 1.82 bits per heavy atom. The first-order valence-corrected chi connectivity index (χ1v) is 7.18. The molecule has 6 nitrogen and oxygen atoms in total. The number of carbonyl (C=O) groups excluding carboxylic acids is 2. The van der Waals surface area contributed by atoms with Crippen molar-refractivity contribution in [2.45, 2.75) is 51.8 Å². The summed E-state index contributed by atoms with van der Waals surface area (Å²) in [6, 6.07) is 8.36. The zero-order valence-corrected chi connectivity index (χ0v) is 13.5. The van der Waals surface area contributed by atoms with Crippen LogP contribution in [0, 0.1) is 0 Å². The molecule has 0 aliphatic carbocycles. The number of hydrogen-bond donors (Lipinski definition) is 1. The number of hydrogen-bond acceptors (Lipinski definition) is 4. The summed E-state index contributed by atoms with van der Waals surface area (Å²) in [5.41, 5.74) is -1.27. The molecule has 0 bridgehead atoms. The molecule has 1 saturated heterocycles. The highest BCUT2D eigenvalue weighted by molar-refractivity contribution is 5.93. The predicted molar refractivity (Wildman–Crippen MR) is 81.2 cm³/mol. The second kappa shape index (κ2) is 5.51. The maximum absolute atomic E-state index is 12.2. The third-order valence-electron chi connectivity index (χ3n) is 3.28. The monoisotopic (exact) mass is 306 g/mol. The van der Waals surface area contributed by atoms with E-state index in [0.717, 1.165) is 0 Å². The number of carbonyl (C=O) groups is 2. The van der Waals surface area contributed by atoms with Crippen molar-refractivity contribution in [1.29, 1.82) is 0 Å². The van der Waals surface area contributed by atoms with Crippen LogP contribution in [-0.2, 0) is 9.53 Å². The Morgan fingerprint density at radius 3 is 2.32 bits per heavy atom. The number of nitrogens with zero attached hydrogens (tertiary/aromatic N) is 1. The van der Waals surface area contributed by atoms with Crippen molar-refractivity contribution < 1.29 is 19.2 Å². The Hall–Kier alpha value is -2.24. The molecule has 0 saturated carbocycles. The minimum absolute atomic E-state index is 0.306. The fourth-order valence-corrected chi connectivity index (χ4v) is 2.17. The van der Waals surface area contributed by atoms with E-state index in [-0.39, 0.29) is 5.91 Å². The van der Waals surface area contributed by atoms with E-state index in [1.165, 1.54) is 5.06 Å². The van der Waals surface area contributed by atoms with Crippen molar-refractivity contribution in [2.24, 2.45) is 0 Å². The van der Waals surface area contributed by atoms with Crippen LogP contribution < -0.4 is 10.2 Å². The number of para-hydroxylation sites is 1. The van der Waals surface area contributed by atoms with Gasteiger partial charge in [-0.25, -0.2) is 4.79 Å². The van der Waals surface area contributed by atoms with Crippen molar-refractivity contribution in [3.05, 3.63) is 30.3 Å². The second-order valence-electron chi connectivity index (χ2n) is 6.77. The average molecular weight is 306 g/mol. The van der Waals surface area contributed by atoms with E-state index >= 15 is 0 Å². The van der Waals surface area contributed by atoms with Crippen LogP contribution in [0.1, 0.15) is 34.6 Å². The lowest BCUT2D eigenvalue weighted by Gasteiger charge is -2.51. The molecule has 1 fully saturated rings. The summed E-state index contributed by atoms with van der Waals surface area (Å²) >= 11 is 0. The van der Waals surface area contributed by atoms with Gasteiger partial charge in [0.25, 0.3) is 5.91 Å². The van der Waals surface area contributed by atoms with Gasteiger partial charge >= 0.3 is 6.09 Å². The van der Waals surface area contributed by atoms with Crippen LogP contribution in [0.15, 0.2) is 30.3 Å². The van der Waals surface area contributed by atoms with E-state index in [4.69, 9.17) is 9.57 Å². The van der Waals surface area contributed by atoms with Crippen LogP contribution in [0.3, 0.4) is 0 Å². The minimum Gasteiger partial charge on any atom is -0.444 e. The Bertz CT molecular complexity index is 563. The van der Waals surface area contributed by atoms with Gasteiger partial charge < -0.3 is 14.9 Å². The maximum atomic E-state index is 12.2. The smallest absolute Gasteiger partial charge is 0.408 e. The number of β-lactam (4-membered cyclic amide) rings is 1. The Kier molecular flexibility index (Phi) is 4.04. The molecular formula is C16H22N2O4. The van der Waals surface area contributed by atoms with E-state index in [1.54, 1.807) is 32.9 Å². The predicted octanol–water partition coefficient (Wildman–Crippen LogP) is 2.49. The van der Waals surface area contributed by atoms with Gasteiger partial charge in [-0.3, -0.25) is 4.79 Å². The molecule has 2 rings (SSSR count). The molecule has 22 heavy (non-hydrogen) atoms. The van der Waals surface area contributed by atoms with Crippen LogP contribution in [0.4, 0.5) is 4.79 Å². The molecule has 0 unspecified atom stereocenters. The van der Waals surface area contributed by atoms with E-state index in [0.29, 0.717) is 5.75 Å². The maximum Gasteiger partial charge on any atom is 0.408 e. The molecule has 0 aromatic heterocycles. The zero-order valence-electron chi connectivity index (χ0n) is 13.5. The highest BCUT2D eigenvalue weighted by Gasteiger charge is 2.57. The summed E-state index contributed by atoms with van der Waals surface area (Å²) in [4.78, 5) is 29.6. The lowest BCUT2D eigenvalue weighted by molar-refractivity contribution is -0.217. The van der Waals surface area contributed by atoms with Gasteiger partial charge in [-0.05, 0) is 46.8 Å². The SMILES string of the molecule is CC(C)(C)OC(=O)N[C@@H]1C(=O)N(Oc2ccccc2)C1(C)C. The number of benzene rings is 1. The highest BCUT2D eigenvalue weighted by Crippen LogP contribution is 2.33. The topological polar surface area (TPSA) is 67.9 Å². The molecule has 1 aliphatic rings. The summed E-state index contributed by atoms with van der Waals surface area (Å²) < 4.78 is 5.18. The first kappa shape index (κ1) is 16.1. The summed E-state index contributed by atoms with van der Waals surface area (Å²) in [5.74, 6) is 0.263. The van der Waals surface area contributed by atoms with Crippen LogP contribution in [-0.4, -0.2) is 34.2 Å². The van der Waals surface area contributed by atoms with E-state index in [9.17, 15) is 9.59 Å². The number of amides is 2. The number of rotatable bonds is 3. The highest BCUT2D eigenvalue weighted by atomic mass is 16.7. The van der Waals surface area contributed by atoms with Crippen molar-refractivity contribution in [3.63, 3.8) is 0 Å². The fraction of sp³-hybridized carbons (Fsp3) is 0.500. The molecule has 1 atom stereocenters. The lowest BCUT2D eigenvalue weighted by Crippen LogP contribution is -2.77. The molecule has 1 N–H and O–H groups in total. The molecule has 0 spiro atoms. The lowest BCUT2D eigenvalue weighted by atomic mass is 9.84. The fourth-order valence-electron chi connectivity index (χ4n) is 2.17. The molecule has 1 aromatic carbocycles. The molecule has 1 aromatic rings. The molecule has 0 radical (unpaired) electrons. The number of hydroxylamine groups is 2. The van der Waals surface area contributed by atoms with Crippen molar-refractivity contribution in [1.82, 2.24) is 10.4 Å². The van der Waals surface area contributed by atoms with Crippen LogP contribution in [0.25, 0.3) is 0 Å². The van der Waals surface area contributed by atoms with Crippen molar-refractivity contribution >= 4 is 12.0 Å². The quantitative estimate of drug-likeness (QED) is 0.871. The summed E-state index contributed by atoms with van der Waals surface area (Å²) in [5, 5.41) is 3.86. The second-order valence-corrected chi connectivity index (χ2v) is 6.77. The van der Waals surface area contributed by atoms with Gasteiger partial charge in [0.2, 0.25) is 0 Å². The molecular weight excluding hydrogens is 284 g/mol. The van der Waals surface area contributed by atoms with Crippen LogP contribution in [0.5, 0.6) is 5.75 Å². The van der Waals surface area contributed by atoms with Gasteiger partial charge in [-0.15, -0.1) is 0 Å². The largest absolute Gasteiger partial charge is 0.444 e. The van der Waals surface area contributed by atoms with Crippen molar-refractivity contribution in [3.8, 4) is 5.75 Å². The number of ether oxygens (including phenoxy) is 1. The third kappa shape index (κ3) is 3.32. The summed E-state index contributed by atoms with van der Waals surface area (Å²) in [6.45, 7) is 8.94. The molecule has 2 amide bonds. The van der Waals surface area contributed by atoms with Gasteiger partial charge in [0, 0.05) is 0 Å². The summed E-state index contributed by atoms with van der Waals surface area (Å²) in [7, 11) is 0. The molecule has 1 heterocycles. The van der Waals surface area contributed by atoms with Gasteiger partial charge in [-0.1, -0.05) is 18.2 Å². The first-order valence-electron chi connectivity index (χ1n) is 7.18. The normalized spacial score (nSPS) is 20.1. The number of alkyl carbamates (subject to hydrolysis) is 1. The van der Waals surface area contributed by atoms with Crippen molar-refractivity contribution in [2.75, 3.05) is 0 Å². The standard InChI is InChI=1S/C16H22N2O4/c1-15(2,3)21-14(20)17-12-13(19)18(16(12,4)5)22-11-9-7-6-8-10-11/h6-10,12H,1-5H3,(H,17,20)/t12-/m1/s1. The minimum atomic E-state index is -0.675. The Labute approximate surface area is 130 Å². The average Bonchev–Trinajstić information content (AvgIpc) is 2.41. The van der Waals surface area contributed by atoms with Gasteiger partial charge in [0.05, 0.1) is 0 Å². The van der Waals surface area contributed by atoms with Gasteiger partial charge in [0.1, 0.15) is 17.2 Å². The van der Waals surface area contributed by atoms with Gasteiger partial charge in [-0.2, -0.15) is 5.06 Å². The Balaban J connectivity index is 1.99.